The molecule has 0 aromatic carbocycles. The van der Waals surface area contributed by atoms with Crippen LogP contribution in [0.2, 0.25) is 0 Å². The minimum absolute atomic E-state index is 0.0937. The van der Waals surface area contributed by atoms with Crippen LogP contribution in [-0.2, 0) is 4.79 Å². The number of methoxy groups -OCH3 is 1. The Labute approximate surface area is 94.5 Å². The summed E-state index contributed by atoms with van der Waals surface area (Å²) in [4.78, 5) is 17.6. The summed E-state index contributed by atoms with van der Waals surface area (Å²) >= 11 is 0. The van der Waals surface area contributed by atoms with Crippen LogP contribution in [0.5, 0.6) is 5.88 Å². The molecule has 1 atom stereocenters. The number of carbonyl (C=O) groups excluding carboxylic acids is 1. The number of aromatic nitrogens is 1. The van der Waals surface area contributed by atoms with E-state index in [0.29, 0.717) is 18.8 Å². The van der Waals surface area contributed by atoms with Gasteiger partial charge in [0.1, 0.15) is 5.69 Å². The summed E-state index contributed by atoms with van der Waals surface area (Å²) in [6.45, 7) is 4.38. The van der Waals surface area contributed by atoms with Crippen LogP contribution >= 0.6 is 0 Å². The van der Waals surface area contributed by atoms with Gasteiger partial charge >= 0.3 is 0 Å². The highest BCUT2D eigenvalue weighted by Gasteiger charge is 2.30. The standard InChI is InChI=1S/C12H14N2O2/c1-3-9-7-11(15)14(8-9)10-5-4-6-13-12(10)16-2/h3-6,9H,1,7-8H2,2H3. The van der Waals surface area contributed by atoms with E-state index in [0.717, 1.165) is 5.69 Å². The maximum absolute atomic E-state index is 11.8. The van der Waals surface area contributed by atoms with Crippen LogP contribution in [0.1, 0.15) is 6.42 Å². The lowest BCUT2D eigenvalue weighted by molar-refractivity contribution is -0.117. The molecular weight excluding hydrogens is 204 g/mol. The van der Waals surface area contributed by atoms with Crippen molar-refractivity contribution in [2.24, 2.45) is 5.92 Å². The maximum atomic E-state index is 11.8. The van der Waals surface area contributed by atoms with Gasteiger partial charge in [-0.25, -0.2) is 4.98 Å². The van der Waals surface area contributed by atoms with Crippen LogP contribution in [0.3, 0.4) is 0 Å². The van der Waals surface area contributed by atoms with Crippen LogP contribution < -0.4 is 9.64 Å². The zero-order chi connectivity index (χ0) is 11.5. The zero-order valence-electron chi connectivity index (χ0n) is 9.22. The third-order valence-corrected chi connectivity index (χ3v) is 2.72. The first kappa shape index (κ1) is 10.7. The first-order valence-corrected chi connectivity index (χ1v) is 5.18. The Morgan fingerprint density at radius 1 is 1.69 bits per heavy atom. The summed E-state index contributed by atoms with van der Waals surface area (Å²) in [5, 5.41) is 0. The molecule has 1 aromatic rings. The van der Waals surface area contributed by atoms with Gasteiger partial charge in [0.25, 0.3) is 0 Å². The lowest BCUT2D eigenvalue weighted by Crippen LogP contribution is -2.25. The molecule has 1 aliphatic heterocycles. The molecule has 0 spiro atoms. The number of hydrogen-bond donors (Lipinski definition) is 0. The quantitative estimate of drug-likeness (QED) is 0.724. The normalized spacial score (nSPS) is 19.9. The molecule has 1 saturated heterocycles. The molecule has 84 valence electrons. The smallest absolute Gasteiger partial charge is 0.237 e. The van der Waals surface area contributed by atoms with Gasteiger partial charge in [-0.05, 0) is 12.1 Å². The topological polar surface area (TPSA) is 42.4 Å². The molecule has 1 unspecified atom stereocenters. The van der Waals surface area contributed by atoms with Gasteiger partial charge in [0, 0.05) is 25.1 Å². The van der Waals surface area contributed by atoms with Crippen molar-refractivity contribution in [1.29, 1.82) is 0 Å². The summed E-state index contributed by atoms with van der Waals surface area (Å²) in [7, 11) is 1.55. The number of ether oxygens (including phenoxy) is 1. The summed E-state index contributed by atoms with van der Waals surface area (Å²) in [5.74, 6) is 0.800. The summed E-state index contributed by atoms with van der Waals surface area (Å²) < 4.78 is 5.14. The minimum atomic E-state index is 0.0937. The van der Waals surface area contributed by atoms with E-state index < -0.39 is 0 Å². The van der Waals surface area contributed by atoms with Crippen molar-refractivity contribution >= 4 is 11.6 Å². The van der Waals surface area contributed by atoms with E-state index in [-0.39, 0.29) is 11.8 Å². The van der Waals surface area contributed by atoms with E-state index in [1.807, 2.05) is 12.1 Å². The van der Waals surface area contributed by atoms with Crippen LogP contribution in [0.25, 0.3) is 0 Å². The number of hydrogen-bond acceptors (Lipinski definition) is 3. The van der Waals surface area contributed by atoms with Gasteiger partial charge in [0.05, 0.1) is 7.11 Å². The van der Waals surface area contributed by atoms with Crippen LogP contribution in [0.15, 0.2) is 31.0 Å². The van der Waals surface area contributed by atoms with Gasteiger partial charge in [0.15, 0.2) is 0 Å². The second-order valence-corrected chi connectivity index (χ2v) is 3.74. The highest BCUT2D eigenvalue weighted by molar-refractivity contribution is 5.97. The molecule has 1 aliphatic rings. The van der Waals surface area contributed by atoms with Gasteiger partial charge in [-0.15, -0.1) is 6.58 Å². The molecule has 2 rings (SSSR count). The summed E-state index contributed by atoms with van der Waals surface area (Å²) in [5.41, 5.74) is 0.736. The molecule has 16 heavy (non-hydrogen) atoms. The average molecular weight is 218 g/mol. The Hall–Kier alpha value is -1.84. The Morgan fingerprint density at radius 2 is 2.50 bits per heavy atom. The van der Waals surface area contributed by atoms with E-state index >= 15 is 0 Å². The van der Waals surface area contributed by atoms with E-state index in [2.05, 4.69) is 11.6 Å². The number of amides is 1. The Kier molecular flexibility index (Phi) is 2.90. The van der Waals surface area contributed by atoms with Gasteiger partial charge in [-0.3, -0.25) is 4.79 Å². The van der Waals surface area contributed by atoms with Crippen molar-refractivity contribution in [3.05, 3.63) is 31.0 Å². The highest BCUT2D eigenvalue weighted by atomic mass is 16.5. The Morgan fingerprint density at radius 3 is 3.12 bits per heavy atom. The molecule has 2 heterocycles. The molecule has 0 radical (unpaired) electrons. The monoisotopic (exact) mass is 218 g/mol. The number of anilines is 1. The van der Waals surface area contributed by atoms with E-state index in [1.165, 1.54) is 0 Å². The van der Waals surface area contributed by atoms with Crippen molar-refractivity contribution in [2.75, 3.05) is 18.6 Å². The molecule has 1 aromatic heterocycles. The van der Waals surface area contributed by atoms with E-state index in [4.69, 9.17) is 4.74 Å². The Balaban J connectivity index is 2.30. The molecule has 0 aliphatic carbocycles. The first-order chi connectivity index (χ1) is 7.76. The Bertz CT molecular complexity index is 417. The molecular formula is C12H14N2O2. The highest BCUT2D eigenvalue weighted by Crippen LogP contribution is 2.31. The maximum Gasteiger partial charge on any atom is 0.237 e. The fraction of sp³-hybridized carbons (Fsp3) is 0.333. The third-order valence-electron chi connectivity index (χ3n) is 2.72. The first-order valence-electron chi connectivity index (χ1n) is 5.18. The second kappa shape index (κ2) is 4.35. The molecule has 4 heteroatoms. The SMILES string of the molecule is C=CC1CC(=O)N(c2cccnc2OC)C1. The lowest BCUT2D eigenvalue weighted by atomic mass is 10.1. The van der Waals surface area contributed by atoms with Gasteiger partial charge < -0.3 is 9.64 Å². The summed E-state index contributed by atoms with van der Waals surface area (Å²) in [6.07, 6.45) is 3.98. The lowest BCUT2D eigenvalue weighted by Gasteiger charge is -2.17. The molecule has 0 bridgehead atoms. The van der Waals surface area contributed by atoms with Crippen LogP contribution in [-0.4, -0.2) is 24.5 Å². The van der Waals surface area contributed by atoms with Gasteiger partial charge in [-0.1, -0.05) is 6.08 Å². The van der Waals surface area contributed by atoms with Crippen LogP contribution in [0.4, 0.5) is 5.69 Å². The van der Waals surface area contributed by atoms with Crippen molar-refractivity contribution in [2.45, 2.75) is 6.42 Å². The largest absolute Gasteiger partial charge is 0.480 e. The van der Waals surface area contributed by atoms with Gasteiger partial charge in [-0.2, -0.15) is 0 Å². The van der Waals surface area contributed by atoms with Crippen LogP contribution in [0, 0.1) is 5.92 Å². The molecule has 1 amide bonds. The van der Waals surface area contributed by atoms with Gasteiger partial charge in [0.2, 0.25) is 11.8 Å². The fourth-order valence-corrected chi connectivity index (χ4v) is 1.87. The van der Waals surface area contributed by atoms with E-state index in [9.17, 15) is 4.79 Å². The van der Waals surface area contributed by atoms with Crippen molar-refractivity contribution < 1.29 is 9.53 Å². The summed E-state index contributed by atoms with van der Waals surface area (Å²) in [6, 6.07) is 3.64. The zero-order valence-corrected chi connectivity index (χ0v) is 9.22. The number of nitrogens with zero attached hydrogens (tertiary/aromatic N) is 2. The third kappa shape index (κ3) is 1.78. The van der Waals surface area contributed by atoms with Crippen molar-refractivity contribution in [1.82, 2.24) is 4.98 Å². The second-order valence-electron chi connectivity index (χ2n) is 3.74. The predicted molar refractivity (Wildman–Crippen MR) is 61.4 cm³/mol. The molecule has 4 nitrogen and oxygen atoms in total. The number of pyridine rings is 1. The van der Waals surface area contributed by atoms with Crippen molar-refractivity contribution in [3.63, 3.8) is 0 Å². The molecule has 1 fully saturated rings. The average Bonchev–Trinajstić information content (AvgIpc) is 2.70. The minimum Gasteiger partial charge on any atom is -0.480 e. The fourth-order valence-electron chi connectivity index (χ4n) is 1.87. The number of carbonyl (C=O) groups is 1. The van der Waals surface area contributed by atoms with E-state index in [1.54, 1.807) is 24.3 Å². The molecule has 0 N–H and O–H groups in total. The number of rotatable bonds is 3. The van der Waals surface area contributed by atoms with Crippen molar-refractivity contribution in [3.8, 4) is 5.88 Å². The predicted octanol–water partition coefficient (Wildman–Crippen LogP) is 1.63. The molecule has 0 saturated carbocycles.